The van der Waals surface area contributed by atoms with Crippen LogP contribution in [-0.2, 0) is 30.2 Å². The van der Waals surface area contributed by atoms with Crippen LogP contribution in [0.3, 0.4) is 0 Å². The Morgan fingerprint density at radius 2 is 1.82 bits per heavy atom. The van der Waals surface area contributed by atoms with Gasteiger partial charge >= 0.3 is 11.9 Å². The maximum atomic E-state index is 13.5. The minimum Gasteiger partial charge on any atom is -0.504 e. The topological polar surface area (TPSA) is 164 Å². The molecule has 2 aromatic rings. The van der Waals surface area contributed by atoms with Crippen LogP contribution in [0.4, 0.5) is 0 Å². The van der Waals surface area contributed by atoms with Gasteiger partial charge < -0.3 is 44.7 Å². The molecule has 1 aliphatic rings. The molecule has 1 heterocycles. The second-order valence-electron chi connectivity index (χ2n) is 9.27. The predicted octanol–water partition coefficient (Wildman–Crippen LogP) is 0.919. The quantitative estimate of drug-likeness (QED) is 0.201. The zero-order chi connectivity index (χ0) is 28.5. The normalized spacial score (nSPS) is 24.1. The largest absolute Gasteiger partial charge is 0.504 e. The molecule has 0 aliphatic carbocycles. The van der Waals surface area contributed by atoms with Crippen molar-refractivity contribution < 1.29 is 49.0 Å². The Hall–Kier alpha value is -3.48. The molecule has 3 rings (SSSR count). The minimum absolute atomic E-state index is 0.0312. The Balaban J connectivity index is 1.88. The second-order valence-corrected chi connectivity index (χ2v) is 9.27. The molecule has 2 aromatic carbocycles. The van der Waals surface area contributed by atoms with E-state index in [1.165, 1.54) is 13.2 Å². The summed E-state index contributed by atoms with van der Waals surface area (Å²) < 4.78 is 21.5. The summed E-state index contributed by atoms with van der Waals surface area (Å²) in [5.74, 6) is -1.45. The molecule has 6 atom stereocenters. The molecule has 0 spiro atoms. The first kappa shape index (κ1) is 30.1. The van der Waals surface area contributed by atoms with Crippen molar-refractivity contribution in [3.63, 3.8) is 0 Å². The van der Waals surface area contributed by atoms with Gasteiger partial charge in [-0.2, -0.15) is 0 Å². The molecule has 39 heavy (non-hydrogen) atoms. The Morgan fingerprint density at radius 3 is 2.46 bits per heavy atom. The second kappa shape index (κ2) is 14.1. The van der Waals surface area contributed by atoms with E-state index in [0.717, 1.165) is 12.5 Å². The van der Waals surface area contributed by atoms with Crippen molar-refractivity contribution in [2.45, 2.75) is 57.1 Å². The number of esters is 2. The van der Waals surface area contributed by atoms with Crippen LogP contribution in [0, 0.1) is 0 Å². The number of benzene rings is 2. The van der Waals surface area contributed by atoms with E-state index in [1.807, 2.05) is 30.3 Å². The highest BCUT2D eigenvalue weighted by Gasteiger charge is 2.49. The van der Waals surface area contributed by atoms with E-state index in [9.17, 15) is 30.0 Å². The third kappa shape index (κ3) is 8.50. The number of phenols is 1. The van der Waals surface area contributed by atoms with Crippen molar-refractivity contribution in [2.75, 3.05) is 20.2 Å². The molecule has 0 aromatic heterocycles. The summed E-state index contributed by atoms with van der Waals surface area (Å²) >= 11 is 0. The van der Waals surface area contributed by atoms with Crippen molar-refractivity contribution in [2.24, 2.45) is 0 Å². The minimum atomic E-state index is -1.72. The molecule has 0 amide bonds. The first-order valence-electron chi connectivity index (χ1n) is 12.5. The third-order valence-corrected chi connectivity index (χ3v) is 6.01. The van der Waals surface area contributed by atoms with Gasteiger partial charge in [-0.3, -0.25) is 4.79 Å². The number of phenolic OH excluding ortho intramolecular Hbond substituents is 1. The molecule has 11 nitrogen and oxygen atoms in total. The highest BCUT2D eigenvalue weighted by atomic mass is 16.7. The van der Waals surface area contributed by atoms with Crippen molar-refractivity contribution in [3.05, 3.63) is 65.2 Å². The summed E-state index contributed by atoms with van der Waals surface area (Å²) in [5, 5.41) is 43.9. The maximum Gasteiger partial charge on any atom is 0.334 e. The van der Waals surface area contributed by atoms with Crippen LogP contribution >= 0.6 is 0 Å². The summed E-state index contributed by atoms with van der Waals surface area (Å²) in [4.78, 5) is 25.3. The van der Waals surface area contributed by atoms with Gasteiger partial charge in [0.05, 0.1) is 13.2 Å². The van der Waals surface area contributed by atoms with Gasteiger partial charge in [0, 0.05) is 32.0 Å². The molecular weight excluding hydrogens is 510 g/mol. The monoisotopic (exact) mass is 545 g/mol. The lowest BCUT2D eigenvalue weighted by molar-refractivity contribution is -0.287. The molecule has 0 unspecified atom stereocenters. The Bertz CT molecular complexity index is 1140. The van der Waals surface area contributed by atoms with Crippen molar-refractivity contribution >= 4 is 18.0 Å². The number of aromatic hydroxyl groups is 1. The summed E-state index contributed by atoms with van der Waals surface area (Å²) in [7, 11) is 1.40. The number of hydrogen-bond donors (Lipinski definition) is 5. The number of rotatable bonds is 11. The van der Waals surface area contributed by atoms with E-state index in [1.54, 1.807) is 25.1 Å². The van der Waals surface area contributed by atoms with E-state index < -0.39 is 48.7 Å². The van der Waals surface area contributed by atoms with Crippen LogP contribution in [0.25, 0.3) is 6.08 Å². The van der Waals surface area contributed by atoms with E-state index in [4.69, 9.17) is 18.9 Å². The molecule has 0 radical (unpaired) electrons. The van der Waals surface area contributed by atoms with Crippen LogP contribution in [0.1, 0.15) is 25.0 Å². The maximum absolute atomic E-state index is 13.5. The zero-order valence-corrected chi connectivity index (χ0v) is 22.0. The first-order valence-corrected chi connectivity index (χ1v) is 12.5. The zero-order valence-electron chi connectivity index (χ0n) is 22.0. The molecular formula is C28H35NO10. The van der Waals surface area contributed by atoms with Crippen molar-refractivity contribution in [3.8, 4) is 11.5 Å². The molecule has 1 saturated heterocycles. The average Bonchev–Trinajstić information content (AvgIpc) is 2.89. The van der Waals surface area contributed by atoms with Crippen LogP contribution in [0.15, 0.2) is 54.1 Å². The van der Waals surface area contributed by atoms with Gasteiger partial charge in [-0.05, 0) is 36.3 Å². The predicted molar refractivity (Wildman–Crippen MR) is 140 cm³/mol. The molecule has 0 saturated carbocycles. The summed E-state index contributed by atoms with van der Waals surface area (Å²) in [6.45, 7) is 2.94. The van der Waals surface area contributed by atoms with E-state index >= 15 is 0 Å². The van der Waals surface area contributed by atoms with Gasteiger partial charge in [0.15, 0.2) is 30.0 Å². The first-order chi connectivity index (χ1) is 18.6. The highest BCUT2D eigenvalue weighted by Crippen LogP contribution is 2.29. The van der Waals surface area contributed by atoms with Gasteiger partial charge in [-0.1, -0.05) is 36.4 Å². The van der Waals surface area contributed by atoms with Gasteiger partial charge in [0.25, 0.3) is 0 Å². The fourth-order valence-electron chi connectivity index (χ4n) is 4.14. The standard InChI is InChI=1S/C28H35NO10/c1-16(30)14-29-15-23-24(33)25(37-17(2)31)26(28(35)38-23)39-27(34)20(11-18-7-5-4-6-8-18)12-19-9-10-21(32)22(13-19)36-3/h4-10,12-13,16,23-26,28-30,32-33,35H,11,14-15H2,1-3H3/t16-,23+,24-,25+,26+,28+/m0/s1. The number of methoxy groups -OCH3 is 1. The molecule has 11 heteroatoms. The number of ether oxygens (including phenoxy) is 4. The Labute approximate surface area is 226 Å². The molecule has 1 fully saturated rings. The van der Waals surface area contributed by atoms with E-state index in [0.29, 0.717) is 5.56 Å². The molecule has 0 bridgehead atoms. The highest BCUT2D eigenvalue weighted by molar-refractivity contribution is 5.94. The fraction of sp³-hybridized carbons (Fsp3) is 0.429. The van der Waals surface area contributed by atoms with Crippen molar-refractivity contribution in [1.82, 2.24) is 5.32 Å². The van der Waals surface area contributed by atoms with Crippen LogP contribution in [-0.4, -0.2) is 89.4 Å². The Morgan fingerprint density at radius 1 is 1.10 bits per heavy atom. The van der Waals surface area contributed by atoms with Gasteiger partial charge in [-0.15, -0.1) is 0 Å². The molecule has 212 valence electrons. The summed E-state index contributed by atoms with van der Waals surface area (Å²) in [5.41, 5.74) is 1.51. The smallest absolute Gasteiger partial charge is 0.334 e. The lowest BCUT2D eigenvalue weighted by Gasteiger charge is -2.41. The van der Waals surface area contributed by atoms with Gasteiger partial charge in [0.2, 0.25) is 0 Å². The molecule has 1 aliphatic heterocycles. The number of nitrogens with one attached hydrogen (secondary N) is 1. The fourth-order valence-corrected chi connectivity index (χ4v) is 4.14. The number of hydrogen-bond acceptors (Lipinski definition) is 11. The Kier molecular flexibility index (Phi) is 10.8. The van der Waals surface area contributed by atoms with Crippen LogP contribution in [0.5, 0.6) is 11.5 Å². The van der Waals surface area contributed by atoms with E-state index in [-0.39, 0.29) is 36.6 Å². The SMILES string of the molecule is COc1cc(C=C(Cc2ccccc2)C(=O)O[C@@H]2[C@H](OC(C)=O)[C@@H](O)[C@@H](CNC[C@H](C)O)O[C@H]2O)ccc1O. The van der Waals surface area contributed by atoms with Gasteiger partial charge in [-0.25, -0.2) is 4.79 Å². The summed E-state index contributed by atoms with van der Waals surface area (Å²) in [6.07, 6.45) is -6.07. The average molecular weight is 546 g/mol. The molecule has 5 N–H and O–H groups in total. The van der Waals surface area contributed by atoms with E-state index in [2.05, 4.69) is 5.32 Å². The lowest BCUT2D eigenvalue weighted by atomic mass is 9.97. The number of aliphatic hydroxyl groups is 3. The number of carbonyl (C=O) groups is 2. The lowest BCUT2D eigenvalue weighted by Crippen LogP contribution is -2.62. The van der Waals surface area contributed by atoms with Crippen LogP contribution in [0.2, 0.25) is 0 Å². The summed E-state index contributed by atoms with van der Waals surface area (Å²) in [6, 6.07) is 13.7. The van der Waals surface area contributed by atoms with Gasteiger partial charge in [0.1, 0.15) is 12.2 Å². The number of aliphatic hydroxyl groups excluding tert-OH is 3. The number of carbonyl (C=O) groups excluding carboxylic acids is 2. The third-order valence-electron chi connectivity index (χ3n) is 6.01. The van der Waals surface area contributed by atoms with Crippen LogP contribution < -0.4 is 10.1 Å². The van der Waals surface area contributed by atoms with Crippen molar-refractivity contribution in [1.29, 1.82) is 0 Å².